The summed E-state index contributed by atoms with van der Waals surface area (Å²) in [5, 5.41) is 2.81. The second-order valence-corrected chi connectivity index (χ2v) is 4.30. The van der Waals surface area contributed by atoms with Crippen molar-refractivity contribution in [3.63, 3.8) is 0 Å². The Morgan fingerprint density at radius 2 is 2.38 bits per heavy atom. The van der Waals surface area contributed by atoms with Crippen LogP contribution in [0.2, 0.25) is 0 Å². The van der Waals surface area contributed by atoms with Gasteiger partial charge in [0.2, 0.25) is 5.91 Å². The lowest BCUT2D eigenvalue weighted by Crippen LogP contribution is -2.21. The summed E-state index contributed by atoms with van der Waals surface area (Å²) in [6, 6.07) is 3.67. The Morgan fingerprint density at radius 1 is 1.56 bits per heavy atom. The Kier molecular flexibility index (Phi) is 3.51. The van der Waals surface area contributed by atoms with Crippen LogP contribution in [0, 0.1) is 5.92 Å². The van der Waals surface area contributed by atoms with E-state index in [1.165, 1.54) is 19.3 Å². The van der Waals surface area contributed by atoms with Gasteiger partial charge in [0.15, 0.2) is 0 Å². The van der Waals surface area contributed by atoms with Crippen LogP contribution in [0.1, 0.15) is 31.2 Å². The Hall–Kier alpha value is -1.42. The lowest BCUT2D eigenvalue weighted by molar-refractivity contribution is -0.117. The van der Waals surface area contributed by atoms with E-state index in [1.54, 1.807) is 6.20 Å². The fourth-order valence-corrected chi connectivity index (χ4v) is 1.82. The van der Waals surface area contributed by atoms with Crippen LogP contribution < -0.4 is 11.1 Å². The van der Waals surface area contributed by atoms with Crippen LogP contribution in [-0.2, 0) is 11.3 Å². The molecule has 2 rings (SSSR count). The van der Waals surface area contributed by atoms with Crippen LogP contribution in [-0.4, -0.2) is 10.9 Å². The third-order valence-electron chi connectivity index (χ3n) is 3.03. The van der Waals surface area contributed by atoms with Crippen molar-refractivity contribution in [2.75, 3.05) is 5.32 Å². The molecular weight excluding hydrogens is 202 g/mol. The molecule has 0 saturated heterocycles. The quantitative estimate of drug-likeness (QED) is 0.809. The van der Waals surface area contributed by atoms with E-state index >= 15 is 0 Å². The van der Waals surface area contributed by atoms with Gasteiger partial charge in [0, 0.05) is 19.2 Å². The highest BCUT2D eigenvalue weighted by atomic mass is 16.1. The molecule has 3 N–H and O–H groups in total. The smallest absolute Gasteiger partial charge is 0.225 e. The fraction of sp³-hybridized carbons (Fsp3) is 0.500. The molecule has 4 heteroatoms. The van der Waals surface area contributed by atoms with Crippen LogP contribution in [0.5, 0.6) is 0 Å². The minimum atomic E-state index is 0.0615. The monoisotopic (exact) mass is 219 g/mol. The van der Waals surface area contributed by atoms with Crippen molar-refractivity contribution in [1.82, 2.24) is 4.98 Å². The first-order valence-corrected chi connectivity index (χ1v) is 5.73. The predicted octanol–water partition coefficient (Wildman–Crippen LogP) is 1.67. The third kappa shape index (κ3) is 2.79. The summed E-state index contributed by atoms with van der Waals surface area (Å²) < 4.78 is 0. The number of anilines is 1. The molecule has 1 amide bonds. The van der Waals surface area contributed by atoms with Gasteiger partial charge >= 0.3 is 0 Å². The van der Waals surface area contributed by atoms with Crippen molar-refractivity contribution in [2.45, 2.75) is 32.2 Å². The van der Waals surface area contributed by atoms with Gasteiger partial charge in [0.1, 0.15) is 5.82 Å². The number of carbonyl (C=O) groups is 1. The normalized spacial score (nSPS) is 15.6. The van der Waals surface area contributed by atoms with E-state index in [0.717, 1.165) is 5.56 Å². The molecule has 1 heterocycles. The van der Waals surface area contributed by atoms with E-state index in [-0.39, 0.29) is 5.91 Å². The predicted molar refractivity (Wildman–Crippen MR) is 62.7 cm³/mol. The lowest BCUT2D eigenvalue weighted by atomic mass is 9.83. The molecule has 1 saturated carbocycles. The molecule has 1 aliphatic rings. The van der Waals surface area contributed by atoms with Crippen molar-refractivity contribution in [1.29, 1.82) is 0 Å². The summed E-state index contributed by atoms with van der Waals surface area (Å²) in [6.07, 6.45) is 5.92. The van der Waals surface area contributed by atoms with Crippen molar-refractivity contribution in [3.8, 4) is 0 Å². The molecule has 0 radical (unpaired) electrons. The highest BCUT2D eigenvalue weighted by Crippen LogP contribution is 2.29. The molecule has 86 valence electrons. The Labute approximate surface area is 95.3 Å². The summed E-state index contributed by atoms with van der Waals surface area (Å²) in [4.78, 5) is 15.7. The zero-order valence-electron chi connectivity index (χ0n) is 9.28. The molecule has 4 nitrogen and oxygen atoms in total. The zero-order valence-corrected chi connectivity index (χ0v) is 9.28. The number of hydrogen-bond donors (Lipinski definition) is 2. The molecule has 0 aromatic carbocycles. The lowest BCUT2D eigenvalue weighted by Gasteiger charge is -2.24. The molecule has 0 bridgehead atoms. The van der Waals surface area contributed by atoms with Gasteiger partial charge in [-0.25, -0.2) is 4.98 Å². The first kappa shape index (κ1) is 11.1. The van der Waals surface area contributed by atoms with Crippen LogP contribution >= 0.6 is 0 Å². The van der Waals surface area contributed by atoms with E-state index < -0.39 is 0 Å². The van der Waals surface area contributed by atoms with Crippen molar-refractivity contribution >= 4 is 11.7 Å². The Bertz CT molecular complexity index is 374. The van der Waals surface area contributed by atoms with Gasteiger partial charge in [-0.15, -0.1) is 0 Å². The summed E-state index contributed by atoms with van der Waals surface area (Å²) in [7, 11) is 0. The largest absolute Gasteiger partial charge is 0.326 e. The van der Waals surface area contributed by atoms with Gasteiger partial charge < -0.3 is 11.1 Å². The summed E-state index contributed by atoms with van der Waals surface area (Å²) in [5.41, 5.74) is 6.50. The average molecular weight is 219 g/mol. The molecule has 1 aromatic heterocycles. The van der Waals surface area contributed by atoms with Crippen molar-refractivity contribution in [3.05, 3.63) is 23.9 Å². The maximum Gasteiger partial charge on any atom is 0.225 e. The number of nitrogens with zero attached hydrogens (tertiary/aromatic N) is 1. The first-order chi connectivity index (χ1) is 7.78. The van der Waals surface area contributed by atoms with Gasteiger partial charge in [-0.3, -0.25) is 4.79 Å². The fourth-order valence-electron chi connectivity index (χ4n) is 1.82. The Morgan fingerprint density at radius 3 is 3.00 bits per heavy atom. The van der Waals surface area contributed by atoms with Crippen LogP contribution in [0.15, 0.2) is 18.3 Å². The van der Waals surface area contributed by atoms with Crippen LogP contribution in [0.25, 0.3) is 0 Å². The maximum atomic E-state index is 11.6. The molecule has 1 fully saturated rings. The van der Waals surface area contributed by atoms with Gasteiger partial charge in [-0.2, -0.15) is 0 Å². The number of nitrogens with two attached hydrogens (primary N) is 1. The Balaban J connectivity index is 1.89. The summed E-state index contributed by atoms with van der Waals surface area (Å²) in [5.74, 6) is 1.25. The number of nitrogens with one attached hydrogen (secondary N) is 1. The molecule has 0 unspecified atom stereocenters. The van der Waals surface area contributed by atoms with E-state index in [9.17, 15) is 4.79 Å². The zero-order chi connectivity index (χ0) is 11.4. The number of amides is 1. The van der Waals surface area contributed by atoms with E-state index in [1.807, 2.05) is 12.1 Å². The SMILES string of the molecule is NCc1ccnc(NC(=O)CC2CCC2)c1. The molecule has 0 aliphatic heterocycles. The van der Waals surface area contributed by atoms with Crippen molar-refractivity contribution < 1.29 is 4.79 Å². The third-order valence-corrected chi connectivity index (χ3v) is 3.03. The summed E-state index contributed by atoms with van der Waals surface area (Å²) >= 11 is 0. The average Bonchev–Trinajstić information content (AvgIpc) is 2.24. The second-order valence-electron chi connectivity index (χ2n) is 4.30. The summed E-state index contributed by atoms with van der Waals surface area (Å²) in [6.45, 7) is 0.466. The van der Waals surface area contributed by atoms with Gasteiger partial charge in [-0.05, 0) is 36.5 Å². The molecule has 0 spiro atoms. The molecule has 0 atom stereocenters. The number of pyridine rings is 1. The second kappa shape index (κ2) is 5.07. The maximum absolute atomic E-state index is 11.6. The molecular formula is C12H17N3O. The molecule has 1 aliphatic carbocycles. The van der Waals surface area contributed by atoms with Crippen LogP contribution in [0.4, 0.5) is 5.82 Å². The van der Waals surface area contributed by atoms with E-state index in [4.69, 9.17) is 5.73 Å². The number of aromatic nitrogens is 1. The standard InChI is InChI=1S/C12H17N3O/c13-8-10-4-5-14-11(6-10)15-12(16)7-9-2-1-3-9/h4-6,9H,1-3,7-8,13H2,(H,14,15,16). The number of carbonyl (C=O) groups excluding carboxylic acids is 1. The first-order valence-electron chi connectivity index (χ1n) is 5.73. The minimum absolute atomic E-state index is 0.0615. The van der Waals surface area contributed by atoms with E-state index in [2.05, 4.69) is 10.3 Å². The van der Waals surface area contributed by atoms with E-state index in [0.29, 0.717) is 24.7 Å². The van der Waals surface area contributed by atoms with Gasteiger partial charge in [0.25, 0.3) is 0 Å². The highest BCUT2D eigenvalue weighted by molar-refractivity contribution is 5.89. The highest BCUT2D eigenvalue weighted by Gasteiger charge is 2.20. The molecule has 16 heavy (non-hydrogen) atoms. The van der Waals surface area contributed by atoms with Crippen molar-refractivity contribution in [2.24, 2.45) is 11.7 Å². The van der Waals surface area contributed by atoms with Gasteiger partial charge in [0.05, 0.1) is 0 Å². The van der Waals surface area contributed by atoms with Gasteiger partial charge in [-0.1, -0.05) is 6.42 Å². The van der Waals surface area contributed by atoms with Crippen LogP contribution in [0.3, 0.4) is 0 Å². The molecule has 1 aromatic rings. The number of hydrogen-bond acceptors (Lipinski definition) is 3. The number of rotatable bonds is 4. The topological polar surface area (TPSA) is 68.0 Å². The minimum Gasteiger partial charge on any atom is -0.326 e.